The van der Waals surface area contributed by atoms with Gasteiger partial charge in [0.25, 0.3) is 0 Å². The van der Waals surface area contributed by atoms with Gasteiger partial charge in [-0.1, -0.05) is 44.2 Å². The third kappa shape index (κ3) is 3.03. The standard InChI is InChI=1S/C21H20S4/c1-14(2)25(23,24-22)21-8-7-17-11-18-9-15-5-3-4-6-16(15)10-19(18)12-20(17)13-21/h3-14,22-23H,1-2H3. The molecular formula is C21H20S4. The Balaban J connectivity index is 1.95. The van der Waals surface area contributed by atoms with Gasteiger partial charge in [-0.25, -0.2) is 0 Å². The van der Waals surface area contributed by atoms with Gasteiger partial charge in [0.05, 0.1) is 0 Å². The van der Waals surface area contributed by atoms with Gasteiger partial charge in [-0.2, -0.15) is 0 Å². The van der Waals surface area contributed by atoms with Crippen LogP contribution in [0.4, 0.5) is 0 Å². The van der Waals surface area contributed by atoms with E-state index in [1.54, 1.807) is 9.83 Å². The molecule has 128 valence electrons. The lowest BCUT2D eigenvalue weighted by Gasteiger charge is -2.36. The second-order valence-electron chi connectivity index (χ2n) is 6.60. The van der Waals surface area contributed by atoms with Crippen molar-refractivity contribution < 1.29 is 0 Å². The third-order valence-corrected chi connectivity index (χ3v) is 15.3. The van der Waals surface area contributed by atoms with Gasteiger partial charge in [0.1, 0.15) is 0 Å². The van der Waals surface area contributed by atoms with Gasteiger partial charge >= 0.3 is 0 Å². The Bertz CT molecular complexity index is 1090. The highest BCUT2D eigenvalue weighted by molar-refractivity contribution is 9.34. The van der Waals surface area contributed by atoms with Crippen molar-refractivity contribution in [2.75, 3.05) is 0 Å². The molecule has 0 saturated carbocycles. The van der Waals surface area contributed by atoms with E-state index in [-0.39, 0.29) is 0 Å². The minimum Gasteiger partial charge on any atom is -0.116 e. The molecule has 25 heavy (non-hydrogen) atoms. The van der Waals surface area contributed by atoms with Gasteiger partial charge in [-0.15, -0.1) is 31.4 Å². The molecule has 4 heteroatoms. The second kappa shape index (κ2) is 6.66. The van der Waals surface area contributed by atoms with E-state index in [1.165, 1.54) is 37.2 Å². The Morgan fingerprint density at radius 1 is 0.720 bits per heavy atom. The molecule has 1 atom stereocenters. The molecule has 0 aliphatic rings. The number of fused-ring (bicyclic) bond motifs is 3. The topological polar surface area (TPSA) is 0 Å². The van der Waals surface area contributed by atoms with Crippen LogP contribution in [0.3, 0.4) is 0 Å². The van der Waals surface area contributed by atoms with E-state index in [4.69, 9.17) is 11.7 Å². The summed E-state index contributed by atoms with van der Waals surface area (Å²) in [7, 11) is 0.313. The van der Waals surface area contributed by atoms with Gasteiger partial charge in [-0.05, 0) is 78.5 Å². The summed E-state index contributed by atoms with van der Waals surface area (Å²) in [5.74, 6) is 0. The molecule has 0 aromatic heterocycles. The summed E-state index contributed by atoms with van der Waals surface area (Å²) >= 11 is 9.54. The van der Waals surface area contributed by atoms with E-state index in [0.717, 1.165) is 0 Å². The van der Waals surface area contributed by atoms with E-state index in [2.05, 4.69) is 92.2 Å². The van der Waals surface area contributed by atoms with E-state index in [0.29, 0.717) is 5.25 Å². The predicted molar refractivity (Wildman–Crippen MR) is 126 cm³/mol. The molecule has 0 fully saturated rings. The SMILES string of the molecule is CC(C)S(S)(SS)c1ccc2cc3cc4ccccc4cc3cc2c1. The summed E-state index contributed by atoms with van der Waals surface area (Å²) < 4.78 is 0. The monoisotopic (exact) mass is 400 g/mol. The fraction of sp³-hybridized carbons (Fsp3) is 0.143. The Morgan fingerprint density at radius 3 is 1.72 bits per heavy atom. The van der Waals surface area contributed by atoms with Crippen LogP contribution in [0.25, 0.3) is 32.3 Å². The van der Waals surface area contributed by atoms with Crippen molar-refractivity contribution in [1.82, 2.24) is 0 Å². The molecule has 4 aromatic rings. The first kappa shape index (κ1) is 17.5. The molecule has 4 aromatic carbocycles. The van der Waals surface area contributed by atoms with Crippen LogP contribution >= 0.6 is 41.2 Å². The molecule has 0 amide bonds. The van der Waals surface area contributed by atoms with E-state index in [9.17, 15) is 0 Å². The molecule has 0 radical (unpaired) electrons. The Hall–Kier alpha value is -0.940. The molecule has 0 saturated heterocycles. The summed E-state index contributed by atoms with van der Waals surface area (Å²) in [4.78, 5) is 1.29. The van der Waals surface area contributed by atoms with Crippen LogP contribution < -0.4 is 0 Å². The van der Waals surface area contributed by atoms with Crippen LogP contribution in [0.5, 0.6) is 0 Å². The maximum atomic E-state index is 5.02. The van der Waals surface area contributed by atoms with Gasteiger partial charge < -0.3 is 0 Å². The highest BCUT2D eigenvalue weighted by Crippen LogP contribution is 2.74. The first-order valence-corrected chi connectivity index (χ1v) is 13.4. The van der Waals surface area contributed by atoms with Gasteiger partial charge in [0.15, 0.2) is 0 Å². The molecule has 0 N–H and O–H groups in total. The zero-order valence-corrected chi connectivity index (χ0v) is 17.6. The van der Waals surface area contributed by atoms with Crippen LogP contribution in [0.2, 0.25) is 0 Å². The summed E-state index contributed by atoms with van der Waals surface area (Å²) in [5.41, 5.74) is 0. The van der Waals surface area contributed by atoms with Crippen molar-refractivity contribution in [3.8, 4) is 0 Å². The average Bonchev–Trinajstić information content (AvgIpc) is 2.63. The van der Waals surface area contributed by atoms with Crippen LogP contribution in [0.1, 0.15) is 13.8 Å². The molecule has 0 aliphatic heterocycles. The molecule has 4 rings (SSSR count). The number of thiol groups is 2. The molecule has 0 aliphatic carbocycles. The molecule has 0 bridgehead atoms. The number of hydrogen-bond acceptors (Lipinski definition) is 3. The minimum absolute atomic E-state index is 0.459. The first-order chi connectivity index (χ1) is 12.0. The smallest absolute Gasteiger partial charge is 0.00944 e. The fourth-order valence-electron chi connectivity index (χ4n) is 3.25. The van der Waals surface area contributed by atoms with Crippen LogP contribution in [-0.4, -0.2) is 5.25 Å². The fourth-order valence-corrected chi connectivity index (χ4v) is 8.36. The van der Waals surface area contributed by atoms with Crippen molar-refractivity contribution in [2.24, 2.45) is 0 Å². The first-order valence-electron chi connectivity index (χ1n) is 8.25. The van der Waals surface area contributed by atoms with Crippen LogP contribution in [-0.2, 0) is 0 Å². The highest BCUT2D eigenvalue weighted by Gasteiger charge is 2.26. The van der Waals surface area contributed by atoms with Crippen molar-refractivity contribution in [3.05, 3.63) is 66.7 Å². The lowest BCUT2D eigenvalue weighted by atomic mass is 10.00. The maximum absolute atomic E-state index is 5.02. The maximum Gasteiger partial charge on any atom is 0.00944 e. The number of hydrogen-bond donors (Lipinski definition) is 2. The largest absolute Gasteiger partial charge is 0.116 e. The third-order valence-electron chi connectivity index (χ3n) is 4.72. The lowest BCUT2D eigenvalue weighted by molar-refractivity contribution is 1.10. The molecule has 0 heterocycles. The van der Waals surface area contributed by atoms with Gasteiger partial charge in [0.2, 0.25) is 0 Å². The lowest BCUT2D eigenvalue weighted by Crippen LogP contribution is -2.01. The molecular weight excluding hydrogens is 380 g/mol. The van der Waals surface area contributed by atoms with Crippen molar-refractivity contribution in [1.29, 1.82) is 0 Å². The summed E-state index contributed by atoms with van der Waals surface area (Å²) in [5, 5.41) is 8.15. The molecule has 0 nitrogen and oxygen atoms in total. The molecule has 1 unspecified atom stereocenters. The van der Waals surface area contributed by atoms with Crippen molar-refractivity contribution in [3.63, 3.8) is 0 Å². The molecule has 0 spiro atoms. The summed E-state index contributed by atoms with van der Waals surface area (Å²) in [6, 6.07) is 24.5. The zero-order valence-electron chi connectivity index (χ0n) is 14.1. The van der Waals surface area contributed by atoms with E-state index >= 15 is 0 Å². The van der Waals surface area contributed by atoms with E-state index < -0.39 is 8.09 Å². The average molecular weight is 401 g/mol. The highest BCUT2D eigenvalue weighted by atomic mass is 33.7. The summed E-state index contributed by atoms with van der Waals surface area (Å²) in [6.45, 7) is 4.45. The van der Waals surface area contributed by atoms with Gasteiger partial charge in [-0.3, -0.25) is 0 Å². The predicted octanol–water partition coefficient (Wildman–Crippen LogP) is 8.06. The quantitative estimate of drug-likeness (QED) is 0.199. The number of benzene rings is 4. The second-order valence-corrected chi connectivity index (χ2v) is 15.1. The van der Waals surface area contributed by atoms with Crippen LogP contribution in [0.15, 0.2) is 71.6 Å². The Morgan fingerprint density at radius 2 is 1.20 bits per heavy atom. The van der Waals surface area contributed by atoms with Crippen molar-refractivity contribution >= 4 is 73.6 Å². The van der Waals surface area contributed by atoms with Gasteiger partial charge in [0, 0.05) is 10.1 Å². The van der Waals surface area contributed by atoms with Crippen molar-refractivity contribution in [2.45, 2.75) is 24.0 Å². The minimum atomic E-state index is -1.28. The Labute approximate surface area is 163 Å². The summed E-state index contributed by atoms with van der Waals surface area (Å²) in [6.07, 6.45) is 0. The zero-order chi connectivity index (χ0) is 17.6. The number of rotatable bonds is 3. The van der Waals surface area contributed by atoms with Crippen LogP contribution in [0, 0.1) is 0 Å². The Kier molecular flexibility index (Phi) is 4.65. The van der Waals surface area contributed by atoms with E-state index in [1.807, 2.05) is 0 Å². The normalized spacial score (nSPS) is 15.7.